The highest BCUT2D eigenvalue weighted by Gasteiger charge is 2.15. The van der Waals surface area contributed by atoms with E-state index in [2.05, 4.69) is 12.1 Å². The molecule has 2 nitrogen and oxygen atoms in total. The van der Waals surface area contributed by atoms with E-state index in [4.69, 9.17) is 0 Å². The summed E-state index contributed by atoms with van der Waals surface area (Å²) >= 11 is 0. The molecule has 1 N–H and O–H groups in total. The lowest BCUT2D eigenvalue weighted by molar-refractivity contribution is 0.424. The lowest BCUT2D eigenvalue weighted by Gasteiger charge is -2.16. The molecule has 16 heavy (non-hydrogen) atoms. The smallest absolute Gasteiger partial charge is 0.199 e. The van der Waals surface area contributed by atoms with E-state index in [0.717, 1.165) is 23.2 Å². The number of hydrogen-bond acceptors (Lipinski definition) is 1. The van der Waals surface area contributed by atoms with Crippen molar-refractivity contribution >= 4 is 10.9 Å². The van der Waals surface area contributed by atoms with E-state index in [1.165, 1.54) is 5.39 Å². The van der Waals surface area contributed by atoms with Gasteiger partial charge in [-0.1, -0.05) is 30.3 Å². The molecule has 0 spiro atoms. The number of hydrogen-bond donors (Lipinski definition) is 1. The van der Waals surface area contributed by atoms with Crippen LogP contribution in [0.25, 0.3) is 22.0 Å². The highest BCUT2D eigenvalue weighted by atomic mass is 16.3. The average molecular weight is 211 g/mol. The maximum absolute atomic E-state index is 10.2. The van der Waals surface area contributed by atoms with Crippen LogP contribution in [0.1, 0.15) is 6.92 Å². The number of fused-ring (bicyclic) bond motifs is 3. The zero-order chi connectivity index (χ0) is 11.1. The van der Waals surface area contributed by atoms with Gasteiger partial charge in [0.25, 0.3) is 0 Å². The van der Waals surface area contributed by atoms with Gasteiger partial charge in [0.15, 0.2) is 5.88 Å². The predicted molar refractivity (Wildman–Crippen MR) is 65.9 cm³/mol. The molecule has 1 aliphatic heterocycles. The fraction of sp³-hybridized carbons (Fsp3) is 0.143. The molecule has 80 valence electrons. The van der Waals surface area contributed by atoms with Crippen molar-refractivity contribution in [2.45, 2.75) is 13.5 Å². The molecule has 1 aromatic carbocycles. The van der Waals surface area contributed by atoms with Crippen molar-refractivity contribution in [2.24, 2.45) is 0 Å². The molecule has 3 rings (SSSR count). The number of benzene rings is 1. The third-order valence-electron chi connectivity index (χ3n) is 3.11. The van der Waals surface area contributed by atoms with Crippen molar-refractivity contribution in [1.82, 2.24) is 4.57 Å². The number of para-hydroxylation sites is 1. The van der Waals surface area contributed by atoms with Crippen molar-refractivity contribution in [3.8, 4) is 17.0 Å². The molecule has 1 aliphatic carbocycles. The van der Waals surface area contributed by atoms with Gasteiger partial charge in [-0.05, 0) is 24.6 Å². The van der Waals surface area contributed by atoms with Crippen molar-refractivity contribution < 1.29 is 5.11 Å². The van der Waals surface area contributed by atoms with Crippen molar-refractivity contribution in [2.75, 3.05) is 0 Å². The minimum absolute atomic E-state index is 0.362. The molecule has 0 atom stereocenters. The van der Waals surface area contributed by atoms with E-state index < -0.39 is 0 Å². The minimum atomic E-state index is 0.362. The van der Waals surface area contributed by atoms with Crippen LogP contribution in [0, 0.1) is 0 Å². The van der Waals surface area contributed by atoms with Gasteiger partial charge in [0.1, 0.15) is 0 Å². The van der Waals surface area contributed by atoms with Crippen LogP contribution in [-0.2, 0) is 6.54 Å². The van der Waals surface area contributed by atoms with E-state index >= 15 is 0 Å². The SMILES string of the molecule is CCn1c(O)c2cccc-2c2ccccc21. The topological polar surface area (TPSA) is 25.2 Å². The quantitative estimate of drug-likeness (QED) is 0.655. The van der Waals surface area contributed by atoms with Crippen LogP contribution in [0.5, 0.6) is 5.88 Å². The molecule has 0 radical (unpaired) electrons. The highest BCUT2D eigenvalue weighted by Crippen LogP contribution is 2.38. The van der Waals surface area contributed by atoms with Gasteiger partial charge in [-0.15, -0.1) is 0 Å². The maximum Gasteiger partial charge on any atom is 0.199 e. The van der Waals surface area contributed by atoms with Crippen molar-refractivity contribution in [1.29, 1.82) is 0 Å². The van der Waals surface area contributed by atoms with Gasteiger partial charge in [0.05, 0.1) is 5.52 Å². The molecule has 2 heteroatoms. The van der Waals surface area contributed by atoms with E-state index in [-0.39, 0.29) is 0 Å². The first-order chi connectivity index (χ1) is 7.83. The van der Waals surface area contributed by atoms with Gasteiger partial charge in [0, 0.05) is 17.5 Å². The first kappa shape index (κ1) is 9.28. The predicted octanol–water partition coefficient (Wildman–Crippen LogP) is 3.47. The molecule has 0 fully saturated rings. The van der Waals surface area contributed by atoms with Crippen LogP contribution in [-0.4, -0.2) is 9.67 Å². The summed E-state index contributed by atoms with van der Waals surface area (Å²) in [7, 11) is 0. The van der Waals surface area contributed by atoms with Crippen LogP contribution in [0.15, 0.2) is 42.5 Å². The second kappa shape index (κ2) is 3.27. The third-order valence-corrected chi connectivity index (χ3v) is 3.11. The highest BCUT2D eigenvalue weighted by molar-refractivity contribution is 5.98. The molecule has 0 amide bonds. The lowest BCUT2D eigenvalue weighted by Crippen LogP contribution is -2.00. The molecule has 2 aliphatic rings. The van der Waals surface area contributed by atoms with Crippen LogP contribution >= 0.6 is 0 Å². The van der Waals surface area contributed by atoms with E-state index in [9.17, 15) is 5.11 Å². The Hall–Kier alpha value is -1.96. The fourth-order valence-electron chi connectivity index (χ4n) is 2.37. The first-order valence-electron chi connectivity index (χ1n) is 5.52. The van der Waals surface area contributed by atoms with Crippen LogP contribution in [0.4, 0.5) is 0 Å². The number of pyridine rings is 1. The Balaban J connectivity index is 2.59. The van der Waals surface area contributed by atoms with Gasteiger partial charge in [-0.2, -0.15) is 0 Å². The average Bonchev–Trinajstić information content (AvgIpc) is 2.79. The molecule has 0 unspecified atom stereocenters. The molecule has 0 aromatic heterocycles. The summed E-state index contributed by atoms with van der Waals surface area (Å²) in [5.74, 6) is 0.362. The molecule has 0 saturated heterocycles. The van der Waals surface area contributed by atoms with Gasteiger partial charge in [-0.3, -0.25) is 0 Å². The zero-order valence-electron chi connectivity index (χ0n) is 9.14. The Morgan fingerprint density at radius 2 is 1.75 bits per heavy atom. The van der Waals surface area contributed by atoms with E-state index in [1.807, 2.05) is 41.8 Å². The molecule has 1 aromatic rings. The van der Waals surface area contributed by atoms with Crippen molar-refractivity contribution in [3.05, 3.63) is 42.5 Å². The summed E-state index contributed by atoms with van der Waals surface area (Å²) in [5, 5.41) is 11.4. The maximum atomic E-state index is 10.2. The summed E-state index contributed by atoms with van der Waals surface area (Å²) in [4.78, 5) is 0. The Kier molecular flexibility index (Phi) is 1.90. The Bertz CT molecular complexity index is 624. The molecule has 0 bridgehead atoms. The van der Waals surface area contributed by atoms with Crippen LogP contribution in [0.3, 0.4) is 0 Å². The number of aryl methyl sites for hydroxylation is 1. The lowest BCUT2D eigenvalue weighted by atomic mass is 10.0. The standard InChI is InChI=1S/C14H13NO/c1-2-15-13-9-4-3-6-11(13)10-7-5-8-12(10)14(15)16/h3-9,16H,2H2,1H3. The van der Waals surface area contributed by atoms with E-state index in [1.54, 1.807) is 0 Å². The first-order valence-corrected chi connectivity index (χ1v) is 5.52. The summed E-state index contributed by atoms with van der Waals surface area (Å²) in [6.07, 6.45) is 0. The molecule has 0 saturated carbocycles. The third kappa shape index (κ3) is 1.07. The molecular weight excluding hydrogens is 198 g/mol. The summed E-state index contributed by atoms with van der Waals surface area (Å²) < 4.78 is 1.94. The van der Waals surface area contributed by atoms with Gasteiger partial charge >= 0.3 is 0 Å². The Morgan fingerprint density at radius 3 is 2.56 bits per heavy atom. The number of rotatable bonds is 1. The second-order valence-electron chi connectivity index (χ2n) is 3.94. The fourth-order valence-corrected chi connectivity index (χ4v) is 2.37. The van der Waals surface area contributed by atoms with Gasteiger partial charge < -0.3 is 9.67 Å². The number of aromatic nitrogens is 1. The van der Waals surface area contributed by atoms with Gasteiger partial charge in [0.2, 0.25) is 0 Å². The summed E-state index contributed by atoms with van der Waals surface area (Å²) in [6, 6.07) is 14.2. The zero-order valence-corrected chi connectivity index (χ0v) is 9.14. The van der Waals surface area contributed by atoms with E-state index in [0.29, 0.717) is 5.88 Å². The Labute approximate surface area is 94.1 Å². The minimum Gasteiger partial charge on any atom is -0.494 e. The van der Waals surface area contributed by atoms with Crippen LogP contribution < -0.4 is 0 Å². The Morgan fingerprint density at radius 1 is 1.00 bits per heavy atom. The largest absolute Gasteiger partial charge is 0.494 e. The van der Waals surface area contributed by atoms with Crippen molar-refractivity contribution in [3.63, 3.8) is 0 Å². The normalized spacial score (nSPS) is 11.3. The summed E-state index contributed by atoms with van der Waals surface area (Å²) in [5.41, 5.74) is 3.14. The van der Waals surface area contributed by atoms with Gasteiger partial charge in [-0.25, -0.2) is 0 Å². The summed E-state index contributed by atoms with van der Waals surface area (Å²) in [6.45, 7) is 2.81. The second-order valence-corrected chi connectivity index (χ2v) is 3.94. The van der Waals surface area contributed by atoms with Crippen LogP contribution in [0.2, 0.25) is 0 Å². The molecule has 1 heterocycles. The molecular formula is C14H13NO. The number of nitrogens with zero attached hydrogens (tertiary/aromatic N) is 1. The monoisotopic (exact) mass is 211 g/mol. The number of aromatic hydroxyl groups is 1.